The quantitative estimate of drug-likeness (QED) is 0.820. The first-order valence-corrected chi connectivity index (χ1v) is 9.63. The predicted octanol–water partition coefficient (Wildman–Crippen LogP) is 2.34. The molecule has 25 heavy (non-hydrogen) atoms. The Balaban J connectivity index is 2.14. The van der Waals surface area contributed by atoms with Gasteiger partial charge >= 0.3 is 0 Å². The molecule has 0 radical (unpaired) electrons. The molecule has 2 rings (SSSR count). The van der Waals surface area contributed by atoms with Gasteiger partial charge in [-0.25, -0.2) is 8.42 Å². The lowest BCUT2D eigenvalue weighted by Gasteiger charge is -2.23. The van der Waals surface area contributed by atoms with Gasteiger partial charge in [0.15, 0.2) is 0 Å². The van der Waals surface area contributed by atoms with E-state index in [1.165, 1.54) is 0 Å². The van der Waals surface area contributed by atoms with Crippen molar-refractivity contribution < 1.29 is 17.9 Å². The molecule has 0 saturated carbocycles. The standard InChI is InChI=1S/C18H22N2O4S/c1-14(16-11-7-8-12-17(16)24-2)19-18(21)13-20(25(3,22)23)15-9-5-4-6-10-15/h4-12,14H,13H2,1-3H3,(H,19,21). The molecule has 0 aliphatic rings. The fourth-order valence-electron chi connectivity index (χ4n) is 2.51. The molecule has 2 aromatic carbocycles. The topological polar surface area (TPSA) is 75.7 Å². The first-order chi connectivity index (χ1) is 11.8. The monoisotopic (exact) mass is 362 g/mol. The zero-order valence-corrected chi connectivity index (χ0v) is 15.3. The van der Waals surface area contributed by atoms with Gasteiger partial charge in [-0.2, -0.15) is 0 Å². The number of amides is 1. The Morgan fingerprint density at radius 2 is 1.72 bits per heavy atom. The van der Waals surface area contributed by atoms with Gasteiger partial charge in [0.1, 0.15) is 12.3 Å². The van der Waals surface area contributed by atoms with E-state index in [-0.39, 0.29) is 12.6 Å². The number of hydrogen-bond donors (Lipinski definition) is 1. The Morgan fingerprint density at radius 1 is 1.12 bits per heavy atom. The molecule has 1 N–H and O–H groups in total. The molecule has 7 heteroatoms. The fourth-order valence-corrected chi connectivity index (χ4v) is 3.37. The number of carbonyl (C=O) groups excluding carboxylic acids is 1. The number of sulfonamides is 1. The molecular weight excluding hydrogens is 340 g/mol. The SMILES string of the molecule is COc1ccccc1C(C)NC(=O)CN(c1ccccc1)S(C)(=O)=O. The summed E-state index contributed by atoms with van der Waals surface area (Å²) < 4.78 is 30.5. The highest BCUT2D eigenvalue weighted by Crippen LogP contribution is 2.24. The van der Waals surface area contributed by atoms with Crippen molar-refractivity contribution in [3.63, 3.8) is 0 Å². The lowest BCUT2D eigenvalue weighted by Crippen LogP contribution is -2.41. The molecule has 0 spiro atoms. The number of hydrogen-bond acceptors (Lipinski definition) is 4. The number of methoxy groups -OCH3 is 1. The zero-order valence-electron chi connectivity index (χ0n) is 14.5. The van der Waals surface area contributed by atoms with Gasteiger partial charge < -0.3 is 10.1 Å². The smallest absolute Gasteiger partial charge is 0.241 e. The van der Waals surface area contributed by atoms with Gasteiger partial charge in [-0.05, 0) is 25.1 Å². The van der Waals surface area contributed by atoms with E-state index in [0.717, 1.165) is 16.1 Å². The summed E-state index contributed by atoms with van der Waals surface area (Å²) in [6.45, 7) is 1.53. The van der Waals surface area contributed by atoms with Crippen LogP contribution in [-0.2, 0) is 14.8 Å². The van der Waals surface area contributed by atoms with Gasteiger partial charge in [0, 0.05) is 5.56 Å². The van der Waals surface area contributed by atoms with Gasteiger partial charge in [-0.3, -0.25) is 9.10 Å². The van der Waals surface area contributed by atoms with Crippen LogP contribution < -0.4 is 14.4 Å². The minimum Gasteiger partial charge on any atom is -0.496 e. The van der Waals surface area contributed by atoms with Crippen LogP contribution in [0.15, 0.2) is 54.6 Å². The Hall–Kier alpha value is -2.54. The van der Waals surface area contributed by atoms with Crippen LogP contribution in [0.2, 0.25) is 0 Å². The van der Waals surface area contributed by atoms with E-state index in [4.69, 9.17) is 4.74 Å². The summed E-state index contributed by atoms with van der Waals surface area (Å²) in [5.41, 5.74) is 1.27. The van der Waals surface area contributed by atoms with E-state index in [1.807, 2.05) is 31.2 Å². The summed E-state index contributed by atoms with van der Waals surface area (Å²) in [5.74, 6) is 0.269. The molecule has 0 aromatic heterocycles. The van der Waals surface area contributed by atoms with Crippen LogP contribution in [0, 0.1) is 0 Å². The lowest BCUT2D eigenvalue weighted by molar-refractivity contribution is -0.120. The van der Waals surface area contributed by atoms with Crippen LogP contribution >= 0.6 is 0 Å². The highest BCUT2D eigenvalue weighted by atomic mass is 32.2. The number of nitrogens with zero attached hydrogens (tertiary/aromatic N) is 1. The van der Waals surface area contributed by atoms with E-state index in [2.05, 4.69) is 5.32 Å². The fraction of sp³-hybridized carbons (Fsp3) is 0.278. The van der Waals surface area contributed by atoms with Crippen molar-refractivity contribution in [2.45, 2.75) is 13.0 Å². The molecule has 0 saturated heterocycles. The highest BCUT2D eigenvalue weighted by molar-refractivity contribution is 7.92. The van der Waals surface area contributed by atoms with Crippen molar-refractivity contribution in [2.24, 2.45) is 0 Å². The van der Waals surface area contributed by atoms with Crippen LogP contribution in [0.5, 0.6) is 5.75 Å². The Morgan fingerprint density at radius 3 is 2.32 bits per heavy atom. The number of benzene rings is 2. The van der Waals surface area contributed by atoms with E-state index >= 15 is 0 Å². The first kappa shape index (κ1) is 18.8. The molecule has 6 nitrogen and oxygen atoms in total. The minimum atomic E-state index is -3.58. The summed E-state index contributed by atoms with van der Waals surface area (Å²) in [7, 11) is -2.01. The van der Waals surface area contributed by atoms with Crippen LogP contribution in [-0.4, -0.2) is 34.2 Å². The maximum Gasteiger partial charge on any atom is 0.241 e. The van der Waals surface area contributed by atoms with E-state index in [0.29, 0.717) is 11.4 Å². The average molecular weight is 362 g/mol. The van der Waals surface area contributed by atoms with Crippen LogP contribution in [0.3, 0.4) is 0 Å². The normalized spacial score (nSPS) is 12.3. The molecule has 134 valence electrons. The maximum atomic E-state index is 12.4. The summed E-state index contributed by atoms with van der Waals surface area (Å²) >= 11 is 0. The van der Waals surface area contributed by atoms with Crippen molar-refractivity contribution in [3.05, 3.63) is 60.2 Å². The van der Waals surface area contributed by atoms with Crippen molar-refractivity contribution in [1.82, 2.24) is 5.32 Å². The second-order valence-electron chi connectivity index (χ2n) is 5.64. The number of carbonyl (C=O) groups is 1. The maximum absolute atomic E-state index is 12.4. The van der Waals surface area contributed by atoms with Crippen molar-refractivity contribution in [1.29, 1.82) is 0 Å². The Labute approximate surface area is 148 Å². The number of ether oxygens (including phenoxy) is 1. The van der Waals surface area contributed by atoms with E-state index in [1.54, 1.807) is 37.4 Å². The molecule has 0 bridgehead atoms. The van der Waals surface area contributed by atoms with Gasteiger partial charge in [-0.15, -0.1) is 0 Å². The average Bonchev–Trinajstić information content (AvgIpc) is 2.59. The third kappa shape index (κ3) is 4.96. The molecule has 2 aromatic rings. The van der Waals surface area contributed by atoms with Crippen LogP contribution in [0.4, 0.5) is 5.69 Å². The zero-order chi connectivity index (χ0) is 18.4. The molecule has 0 aliphatic carbocycles. The lowest BCUT2D eigenvalue weighted by atomic mass is 10.1. The van der Waals surface area contributed by atoms with Gasteiger partial charge in [-0.1, -0.05) is 36.4 Å². The molecule has 0 fully saturated rings. The van der Waals surface area contributed by atoms with Gasteiger partial charge in [0.05, 0.1) is 25.1 Å². The van der Waals surface area contributed by atoms with Crippen LogP contribution in [0.1, 0.15) is 18.5 Å². The second-order valence-corrected chi connectivity index (χ2v) is 7.54. The molecule has 1 amide bonds. The second kappa shape index (κ2) is 8.02. The van der Waals surface area contributed by atoms with E-state index < -0.39 is 15.9 Å². The molecule has 1 atom stereocenters. The van der Waals surface area contributed by atoms with Crippen molar-refractivity contribution in [2.75, 3.05) is 24.2 Å². The summed E-state index contributed by atoms with van der Waals surface area (Å²) in [4.78, 5) is 12.4. The van der Waals surface area contributed by atoms with Crippen molar-refractivity contribution >= 4 is 21.6 Å². The largest absolute Gasteiger partial charge is 0.496 e. The minimum absolute atomic E-state index is 0.289. The summed E-state index contributed by atoms with van der Waals surface area (Å²) in [6, 6.07) is 15.6. The van der Waals surface area contributed by atoms with Gasteiger partial charge in [0.2, 0.25) is 15.9 Å². The Kier molecular flexibility index (Phi) is 6.03. The number of nitrogens with one attached hydrogen (secondary N) is 1. The molecular formula is C18H22N2O4S. The number of rotatable bonds is 7. The molecule has 0 aliphatic heterocycles. The Bertz CT molecular complexity index is 822. The number of anilines is 1. The first-order valence-electron chi connectivity index (χ1n) is 7.78. The molecule has 1 unspecified atom stereocenters. The third-order valence-electron chi connectivity index (χ3n) is 3.71. The highest BCUT2D eigenvalue weighted by Gasteiger charge is 2.22. The van der Waals surface area contributed by atoms with Crippen LogP contribution in [0.25, 0.3) is 0 Å². The number of para-hydroxylation sites is 2. The third-order valence-corrected chi connectivity index (χ3v) is 4.86. The van der Waals surface area contributed by atoms with Gasteiger partial charge in [0.25, 0.3) is 0 Å². The predicted molar refractivity (Wildman–Crippen MR) is 98.2 cm³/mol. The van der Waals surface area contributed by atoms with E-state index in [9.17, 15) is 13.2 Å². The van der Waals surface area contributed by atoms with Crippen molar-refractivity contribution in [3.8, 4) is 5.75 Å². The summed E-state index contributed by atoms with van der Waals surface area (Å²) in [6.07, 6.45) is 1.08. The molecule has 0 heterocycles. The summed E-state index contributed by atoms with van der Waals surface area (Å²) in [5, 5.41) is 2.82.